The van der Waals surface area contributed by atoms with Gasteiger partial charge < -0.3 is 14.4 Å². The maximum Gasteiger partial charge on any atom is 0.258 e. The lowest BCUT2D eigenvalue weighted by molar-refractivity contribution is 0.00973. The average molecular weight is 248 g/mol. The average Bonchev–Trinajstić information content (AvgIpc) is 2.82. The van der Waals surface area contributed by atoms with Gasteiger partial charge in [0.15, 0.2) is 0 Å². The summed E-state index contributed by atoms with van der Waals surface area (Å²) in [5.41, 5.74) is 0.829. The van der Waals surface area contributed by atoms with Gasteiger partial charge in [0.1, 0.15) is 11.4 Å². The molecule has 1 N–H and O–H groups in total. The van der Waals surface area contributed by atoms with E-state index in [1.165, 1.54) is 0 Å². The first-order valence-electron chi connectivity index (χ1n) is 5.64. The topological polar surface area (TPSA) is 68.4 Å². The van der Waals surface area contributed by atoms with E-state index in [1.807, 2.05) is 19.9 Å². The fourth-order valence-corrected chi connectivity index (χ4v) is 1.52. The Labute approximate surface area is 105 Å². The van der Waals surface area contributed by atoms with Crippen molar-refractivity contribution in [3.05, 3.63) is 29.6 Å². The minimum Gasteiger partial charge on any atom is -0.508 e. The van der Waals surface area contributed by atoms with Crippen molar-refractivity contribution >= 4 is 0 Å². The van der Waals surface area contributed by atoms with Crippen LogP contribution in [0.5, 0.6) is 5.75 Å². The van der Waals surface area contributed by atoms with Gasteiger partial charge in [-0.1, -0.05) is 11.2 Å². The van der Waals surface area contributed by atoms with E-state index in [0.29, 0.717) is 17.3 Å². The van der Waals surface area contributed by atoms with E-state index < -0.39 is 5.60 Å². The molecule has 0 bridgehead atoms. The summed E-state index contributed by atoms with van der Waals surface area (Å²) in [5, 5.41) is 13.6. The normalized spacial score (nSPS) is 11.8. The summed E-state index contributed by atoms with van der Waals surface area (Å²) in [5.74, 6) is 1.06. The molecule has 0 radical (unpaired) electrons. The van der Waals surface area contributed by atoms with Crippen LogP contribution in [0, 0.1) is 6.92 Å². The fourth-order valence-electron chi connectivity index (χ4n) is 1.52. The van der Waals surface area contributed by atoms with Crippen molar-refractivity contribution in [1.82, 2.24) is 10.1 Å². The molecule has 1 aromatic carbocycles. The second-order valence-corrected chi connectivity index (χ2v) is 4.59. The van der Waals surface area contributed by atoms with Crippen LogP contribution in [0.3, 0.4) is 0 Å². The number of aromatic hydroxyl groups is 1. The van der Waals surface area contributed by atoms with E-state index in [-0.39, 0.29) is 5.75 Å². The Bertz CT molecular complexity index is 561. The Kier molecular flexibility index (Phi) is 3.09. The number of hydrogen-bond donors (Lipinski definition) is 1. The molecule has 1 heterocycles. The summed E-state index contributed by atoms with van der Waals surface area (Å²) in [4.78, 5) is 4.31. The number of methoxy groups -OCH3 is 1. The maximum absolute atomic E-state index is 9.66. The first kappa shape index (κ1) is 12.6. The number of aromatic nitrogens is 2. The lowest BCUT2D eigenvalue weighted by Gasteiger charge is -2.17. The van der Waals surface area contributed by atoms with Crippen LogP contribution in [0.4, 0.5) is 0 Å². The number of benzene rings is 1. The highest BCUT2D eigenvalue weighted by Crippen LogP contribution is 2.29. The third kappa shape index (κ3) is 2.09. The zero-order valence-corrected chi connectivity index (χ0v) is 10.9. The maximum atomic E-state index is 9.66. The molecule has 0 spiro atoms. The summed E-state index contributed by atoms with van der Waals surface area (Å²) < 4.78 is 10.5. The largest absolute Gasteiger partial charge is 0.508 e. The molecule has 0 aliphatic rings. The van der Waals surface area contributed by atoms with Gasteiger partial charge in [-0.3, -0.25) is 0 Å². The van der Waals surface area contributed by atoms with Gasteiger partial charge in [-0.15, -0.1) is 0 Å². The summed E-state index contributed by atoms with van der Waals surface area (Å²) >= 11 is 0. The van der Waals surface area contributed by atoms with Crippen LogP contribution < -0.4 is 0 Å². The van der Waals surface area contributed by atoms with E-state index in [2.05, 4.69) is 10.1 Å². The van der Waals surface area contributed by atoms with E-state index in [4.69, 9.17) is 9.26 Å². The molecular weight excluding hydrogens is 232 g/mol. The minimum atomic E-state index is -0.605. The Morgan fingerprint density at radius 1 is 1.33 bits per heavy atom. The molecule has 0 unspecified atom stereocenters. The van der Waals surface area contributed by atoms with Crippen LogP contribution in [0.2, 0.25) is 0 Å². The highest BCUT2D eigenvalue weighted by Gasteiger charge is 2.26. The van der Waals surface area contributed by atoms with E-state index in [1.54, 1.807) is 26.2 Å². The molecule has 2 aromatic rings. The smallest absolute Gasteiger partial charge is 0.258 e. The van der Waals surface area contributed by atoms with Crippen LogP contribution in [0.25, 0.3) is 11.5 Å². The number of phenolic OH excluding ortho intramolecular Hbond substituents is 1. The van der Waals surface area contributed by atoms with E-state index >= 15 is 0 Å². The molecule has 0 amide bonds. The summed E-state index contributed by atoms with van der Waals surface area (Å²) in [6, 6.07) is 5.18. The van der Waals surface area contributed by atoms with Gasteiger partial charge in [-0.2, -0.15) is 4.98 Å². The van der Waals surface area contributed by atoms with Crippen molar-refractivity contribution in [1.29, 1.82) is 0 Å². The zero-order chi connectivity index (χ0) is 13.3. The van der Waals surface area contributed by atoms with Gasteiger partial charge in [0.2, 0.25) is 5.82 Å². The minimum absolute atomic E-state index is 0.207. The molecule has 18 heavy (non-hydrogen) atoms. The second kappa shape index (κ2) is 4.42. The first-order valence-corrected chi connectivity index (χ1v) is 5.64. The number of ether oxygens (including phenoxy) is 1. The van der Waals surface area contributed by atoms with Gasteiger partial charge >= 0.3 is 0 Å². The monoisotopic (exact) mass is 248 g/mol. The zero-order valence-electron chi connectivity index (χ0n) is 10.9. The molecule has 0 saturated heterocycles. The molecule has 96 valence electrons. The number of nitrogens with zero attached hydrogens (tertiary/aromatic N) is 2. The molecule has 2 rings (SSSR count). The Morgan fingerprint density at radius 3 is 2.72 bits per heavy atom. The Balaban J connectivity index is 2.45. The molecule has 5 nitrogen and oxygen atoms in total. The summed E-state index contributed by atoms with van der Waals surface area (Å²) in [6.45, 7) is 5.52. The highest BCUT2D eigenvalue weighted by atomic mass is 16.5. The molecule has 5 heteroatoms. The SMILES string of the molecule is COC(C)(C)c1noc(-c2cccc(O)c2C)n1. The van der Waals surface area contributed by atoms with Gasteiger partial charge in [0.05, 0.1) is 0 Å². The van der Waals surface area contributed by atoms with Crippen molar-refractivity contribution < 1.29 is 14.4 Å². The van der Waals surface area contributed by atoms with Crippen molar-refractivity contribution in [2.45, 2.75) is 26.4 Å². The quantitative estimate of drug-likeness (QED) is 0.904. The Hall–Kier alpha value is -1.88. The van der Waals surface area contributed by atoms with Gasteiger partial charge in [-0.25, -0.2) is 0 Å². The second-order valence-electron chi connectivity index (χ2n) is 4.59. The predicted molar refractivity (Wildman–Crippen MR) is 66.2 cm³/mol. The van der Waals surface area contributed by atoms with Crippen molar-refractivity contribution in [2.75, 3.05) is 7.11 Å². The van der Waals surface area contributed by atoms with Crippen LogP contribution in [-0.2, 0) is 10.3 Å². The van der Waals surface area contributed by atoms with Crippen molar-refractivity contribution in [3.63, 3.8) is 0 Å². The van der Waals surface area contributed by atoms with Crippen LogP contribution >= 0.6 is 0 Å². The third-order valence-electron chi connectivity index (χ3n) is 3.01. The van der Waals surface area contributed by atoms with Crippen LogP contribution in [-0.4, -0.2) is 22.4 Å². The molecule has 0 saturated carbocycles. The molecule has 0 aliphatic carbocycles. The van der Waals surface area contributed by atoms with E-state index in [0.717, 1.165) is 5.56 Å². The van der Waals surface area contributed by atoms with E-state index in [9.17, 15) is 5.11 Å². The fraction of sp³-hybridized carbons (Fsp3) is 0.385. The molecular formula is C13H16N2O3. The number of hydrogen-bond acceptors (Lipinski definition) is 5. The molecule has 0 aliphatic heterocycles. The van der Waals surface area contributed by atoms with Gasteiger partial charge in [-0.05, 0) is 32.9 Å². The third-order valence-corrected chi connectivity index (χ3v) is 3.01. The predicted octanol–water partition coefficient (Wildman–Crippen LogP) is 2.63. The van der Waals surface area contributed by atoms with Crippen LogP contribution in [0.15, 0.2) is 22.7 Å². The highest BCUT2D eigenvalue weighted by molar-refractivity contribution is 5.61. The summed E-state index contributed by atoms with van der Waals surface area (Å²) in [7, 11) is 1.59. The van der Waals surface area contributed by atoms with Gasteiger partial charge in [0, 0.05) is 18.2 Å². The van der Waals surface area contributed by atoms with Crippen molar-refractivity contribution in [3.8, 4) is 17.2 Å². The number of phenols is 1. The first-order chi connectivity index (χ1) is 8.45. The molecule has 0 fully saturated rings. The van der Waals surface area contributed by atoms with Crippen LogP contribution in [0.1, 0.15) is 25.2 Å². The van der Waals surface area contributed by atoms with Crippen molar-refractivity contribution in [2.24, 2.45) is 0 Å². The van der Waals surface area contributed by atoms with Gasteiger partial charge in [0.25, 0.3) is 5.89 Å². The number of rotatable bonds is 3. The molecule has 1 aromatic heterocycles. The Morgan fingerprint density at radius 2 is 2.06 bits per heavy atom. The summed E-state index contributed by atoms with van der Waals surface area (Å²) in [6.07, 6.45) is 0. The molecule has 0 atom stereocenters. The lowest BCUT2D eigenvalue weighted by atomic mass is 10.1. The standard InChI is InChI=1S/C13H16N2O3/c1-8-9(6-5-7-10(8)16)11-14-12(15-18-11)13(2,3)17-4/h5-7,16H,1-4H3. The lowest BCUT2D eigenvalue weighted by Crippen LogP contribution is -2.21.